The van der Waals surface area contributed by atoms with Crippen LogP contribution in [-0.2, 0) is 6.54 Å². The van der Waals surface area contributed by atoms with Gasteiger partial charge in [0.2, 0.25) is 0 Å². The van der Waals surface area contributed by atoms with Crippen LogP contribution in [0.1, 0.15) is 41.7 Å². The number of amides is 1. The fraction of sp³-hybridized carbons (Fsp3) is 0.375. The zero-order chi connectivity index (χ0) is 16.2. The molecule has 0 atom stereocenters. The predicted molar refractivity (Wildman–Crippen MR) is 84.4 cm³/mol. The van der Waals surface area contributed by atoms with Gasteiger partial charge in [-0.1, -0.05) is 18.9 Å². The van der Waals surface area contributed by atoms with Crippen molar-refractivity contribution in [1.29, 1.82) is 0 Å². The summed E-state index contributed by atoms with van der Waals surface area (Å²) in [5, 5.41) is 2.86. The Bertz CT molecular complexity index is 804. The number of hydrogen-bond donors (Lipinski definition) is 2. The Morgan fingerprint density at radius 3 is 2.78 bits per heavy atom. The number of carbonyl (C=O) groups excluding carboxylic acids is 1. The Labute approximate surface area is 132 Å². The summed E-state index contributed by atoms with van der Waals surface area (Å²) in [5.41, 5.74) is -0.631. The number of aromatic amines is 1. The van der Waals surface area contributed by atoms with E-state index in [1.807, 2.05) is 0 Å². The fourth-order valence-corrected chi connectivity index (χ4v) is 2.80. The highest BCUT2D eigenvalue weighted by Crippen LogP contribution is 2.17. The van der Waals surface area contributed by atoms with E-state index >= 15 is 0 Å². The first-order valence-electron chi connectivity index (χ1n) is 7.68. The highest BCUT2D eigenvalue weighted by atomic mass is 16.2. The summed E-state index contributed by atoms with van der Waals surface area (Å²) in [6.07, 6.45) is 6.80. The molecule has 0 bridgehead atoms. The first-order chi connectivity index (χ1) is 11.1. The maximum absolute atomic E-state index is 12.5. The van der Waals surface area contributed by atoms with Gasteiger partial charge in [0.25, 0.3) is 11.5 Å². The van der Waals surface area contributed by atoms with Gasteiger partial charge in [-0.25, -0.2) is 4.79 Å². The molecule has 0 aliphatic heterocycles. The van der Waals surface area contributed by atoms with Gasteiger partial charge in [-0.05, 0) is 25.0 Å². The van der Waals surface area contributed by atoms with Gasteiger partial charge in [0.15, 0.2) is 0 Å². The Balaban J connectivity index is 1.87. The van der Waals surface area contributed by atoms with Crippen molar-refractivity contribution in [2.24, 2.45) is 0 Å². The number of aromatic nitrogens is 3. The summed E-state index contributed by atoms with van der Waals surface area (Å²) in [6, 6.07) is 5.36. The Hall–Kier alpha value is -2.70. The van der Waals surface area contributed by atoms with Crippen molar-refractivity contribution in [3.63, 3.8) is 0 Å². The van der Waals surface area contributed by atoms with Crippen LogP contribution in [0.25, 0.3) is 0 Å². The topological polar surface area (TPSA) is 96.8 Å². The second-order valence-corrected chi connectivity index (χ2v) is 5.67. The minimum Gasteiger partial charge on any atom is -0.349 e. The predicted octanol–water partition coefficient (Wildman–Crippen LogP) is 0.652. The van der Waals surface area contributed by atoms with E-state index in [0.29, 0.717) is 5.69 Å². The summed E-state index contributed by atoms with van der Waals surface area (Å²) in [6.45, 7) is 0.0273. The van der Waals surface area contributed by atoms with Gasteiger partial charge >= 0.3 is 5.69 Å². The quantitative estimate of drug-likeness (QED) is 0.866. The van der Waals surface area contributed by atoms with Crippen LogP contribution in [0.5, 0.6) is 0 Å². The van der Waals surface area contributed by atoms with Crippen LogP contribution >= 0.6 is 0 Å². The highest BCUT2D eigenvalue weighted by Gasteiger charge is 2.21. The normalized spacial score (nSPS) is 14.8. The lowest BCUT2D eigenvalue weighted by molar-refractivity contribution is 0.0935. The molecule has 0 spiro atoms. The van der Waals surface area contributed by atoms with E-state index < -0.39 is 17.2 Å². The fourth-order valence-electron chi connectivity index (χ4n) is 2.80. The van der Waals surface area contributed by atoms with Crippen LogP contribution < -0.4 is 16.6 Å². The molecule has 1 aliphatic carbocycles. The number of carbonyl (C=O) groups is 1. The van der Waals surface area contributed by atoms with Crippen molar-refractivity contribution in [3.05, 3.63) is 62.7 Å². The number of hydrogen-bond acceptors (Lipinski definition) is 4. The molecular weight excluding hydrogens is 296 g/mol. The van der Waals surface area contributed by atoms with Crippen molar-refractivity contribution in [1.82, 2.24) is 19.9 Å². The number of nitrogens with zero attached hydrogens (tertiary/aromatic N) is 2. The van der Waals surface area contributed by atoms with Gasteiger partial charge in [-0.3, -0.25) is 19.1 Å². The SMILES string of the molecule is O=C(NC1CCCC1)c1c[nH]c(=O)n(Cc2ccccn2)c1=O. The van der Waals surface area contributed by atoms with Gasteiger partial charge in [0.05, 0.1) is 12.2 Å². The molecule has 0 radical (unpaired) electrons. The summed E-state index contributed by atoms with van der Waals surface area (Å²) in [5.74, 6) is -0.437. The van der Waals surface area contributed by atoms with E-state index in [1.54, 1.807) is 24.4 Å². The summed E-state index contributed by atoms with van der Waals surface area (Å²) in [4.78, 5) is 43.2. The average molecular weight is 314 g/mol. The first-order valence-corrected chi connectivity index (χ1v) is 7.68. The Morgan fingerprint density at radius 1 is 1.30 bits per heavy atom. The molecule has 2 N–H and O–H groups in total. The van der Waals surface area contributed by atoms with Crippen molar-refractivity contribution < 1.29 is 4.79 Å². The van der Waals surface area contributed by atoms with Gasteiger partial charge in [0.1, 0.15) is 5.56 Å². The van der Waals surface area contributed by atoms with Crippen LogP contribution in [0, 0.1) is 0 Å². The van der Waals surface area contributed by atoms with E-state index in [0.717, 1.165) is 30.3 Å². The van der Waals surface area contributed by atoms with Crippen molar-refractivity contribution in [2.75, 3.05) is 0 Å². The van der Waals surface area contributed by atoms with E-state index in [4.69, 9.17) is 0 Å². The second-order valence-electron chi connectivity index (χ2n) is 5.67. The maximum atomic E-state index is 12.5. The molecule has 1 aliphatic rings. The van der Waals surface area contributed by atoms with Gasteiger partial charge in [-0.15, -0.1) is 0 Å². The van der Waals surface area contributed by atoms with Gasteiger partial charge < -0.3 is 10.3 Å². The van der Waals surface area contributed by atoms with E-state index in [1.165, 1.54) is 6.20 Å². The summed E-state index contributed by atoms with van der Waals surface area (Å²) >= 11 is 0. The lowest BCUT2D eigenvalue weighted by atomic mass is 10.2. The zero-order valence-electron chi connectivity index (χ0n) is 12.6. The van der Waals surface area contributed by atoms with Crippen molar-refractivity contribution in [2.45, 2.75) is 38.3 Å². The Morgan fingerprint density at radius 2 is 2.09 bits per heavy atom. The van der Waals surface area contributed by atoms with E-state index in [9.17, 15) is 14.4 Å². The third-order valence-electron chi connectivity index (χ3n) is 4.04. The summed E-state index contributed by atoms with van der Waals surface area (Å²) < 4.78 is 0.992. The molecule has 0 saturated heterocycles. The second kappa shape index (κ2) is 6.60. The van der Waals surface area contributed by atoms with Crippen LogP contribution in [0.4, 0.5) is 0 Å². The molecule has 1 amide bonds. The third-order valence-corrected chi connectivity index (χ3v) is 4.04. The molecule has 2 aromatic heterocycles. The van der Waals surface area contributed by atoms with Crippen molar-refractivity contribution in [3.8, 4) is 0 Å². The molecule has 23 heavy (non-hydrogen) atoms. The maximum Gasteiger partial charge on any atom is 0.328 e. The average Bonchev–Trinajstić information content (AvgIpc) is 3.05. The largest absolute Gasteiger partial charge is 0.349 e. The molecular formula is C16H18N4O3. The number of pyridine rings is 1. The molecule has 0 aromatic carbocycles. The molecule has 1 fully saturated rings. The minimum atomic E-state index is -0.602. The lowest BCUT2D eigenvalue weighted by Crippen LogP contribution is -2.42. The highest BCUT2D eigenvalue weighted by molar-refractivity contribution is 5.93. The van der Waals surface area contributed by atoms with Crippen LogP contribution in [0.3, 0.4) is 0 Å². The smallest absolute Gasteiger partial charge is 0.328 e. The molecule has 0 unspecified atom stereocenters. The monoisotopic (exact) mass is 314 g/mol. The standard InChI is InChI=1S/C16H18N4O3/c21-14(19-11-5-1-2-6-11)13-9-18-16(23)20(15(13)22)10-12-7-3-4-8-17-12/h3-4,7-9,11H,1-2,5-6,10H2,(H,18,23)(H,19,21). The molecule has 7 nitrogen and oxygen atoms in total. The molecule has 2 heterocycles. The number of rotatable bonds is 4. The molecule has 3 rings (SSSR count). The number of H-pyrrole nitrogens is 1. The first kappa shape index (κ1) is 15.2. The van der Waals surface area contributed by atoms with Crippen LogP contribution in [0.15, 0.2) is 40.2 Å². The van der Waals surface area contributed by atoms with Crippen molar-refractivity contribution >= 4 is 5.91 Å². The molecule has 1 saturated carbocycles. The molecule has 120 valence electrons. The third kappa shape index (κ3) is 3.39. The zero-order valence-corrected chi connectivity index (χ0v) is 12.6. The summed E-state index contributed by atoms with van der Waals surface area (Å²) in [7, 11) is 0. The lowest BCUT2D eigenvalue weighted by Gasteiger charge is -2.12. The van der Waals surface area contributed by atoms with E-state index in [-0.39, 0.29) is 18.2 Å². The van der Waals surface area contributed by atoms with E-state index in [2.05, 4.69) is 15.3 Å². The minimum absolute atomic E-state index is 0.0273. The van der Waals surface area contributed by atoms with Crippen LogP contribution in [0.2, 0.25) is 0 Å². The van der Waals surface area contributed by atoms with Gasteiger partial charge in [0, 0.05) is 18.4 Å². The van der Waals surface area contributed by atoms with Gasteiger partial charge in [-0.2, -0.15) is 0 Å². The molecule has 7 heteroatoms. The van der Waals surface area contributed by atoms with Crippen LogP contribution in [-0.4, -0.2) is 26.5 Å². The number of nitrogens with one attached hydrogen (secondary N) is 2. The molecule has 2 aromatic rings. The Kier molecular flexibility index (Phi) is 4.36.